The zero-order chi connectivity index (χ0) is 5.98. The Morgan fingerprint density at radius 3 is 2.75 bits per heavy atom. The summed E-state index contributed by atoms with van der Waals surface area (Å²) < 4.78 is 0. The van der Waals surface area contributed by atoms with Gasteiger partial charge in [0.1, 0.15) is 0 Å². The number of rotatable bonds is 0. The molecule has 2 N–H and O–H groups in total. The van der Waals surface area contributed by atoms with Crippen LogP contribution in [0, 0.1) is 0 Å². The lowest BCUT2D eigenvalue weighted by molar-refractivity contribution is -0.694. The molecule has 0 bridgehead atoms. The number of hydrogen-bond acceptors (Lipinski definition) is 1. The van der Waals surface area contributed by atoms with Crippen molar-refractivity contribution >= 4 is 0 Å². The summed E-state index contributed by atoms with van der Waals surface area (Å²) in [5, 5.41) is 2.40. The van der Waals surface area contributed by atoms with Crippen LogP contribution >= 0.6 is 0 Å². The van der Waals surface area contributed by atoms with Crippen molar-refractivity contribution in [1.82, 2.24) is 4.90 Å². The van der Waals surface area contributed by atoms with E-state index in [0.717, 1.165) is 6.04 Å². The molecule has 1 saturated heterocycles. The first-order chi connectivity index (χ1) is 3.79. The van der Waals surface area contributed by atoms with E-state index in [1.165, 1.54) is 19.6 Å². The van der Waals surface area contributed by atoms with E-state index >= 15 is 0 Å². The molecule has 2 heteroatoms. The fourth-order valence-electron chi connectivity index (χ4n) is 1.24. The van der Waals surface area contributed by atoms with Gasteiger partial charge in [0.05, 0.1) is 19.1 Å². The third kappa shape index (κ3) is 1.46. The molecule has 1 fully saturated rings. The van der Waals surface area contributed by atoms with Crippen molar-refractivity contribution in [2.75, 3.05) is 26.7 Å². The minimum Gasteiger partial charge on any atom is -0.342 e. The van der Waals surface area contributed by atoms with E-state index in [1.54, 1.807) is 0 Å². The third-order valence-corrected chi connectivity index (χ3v) is 1.68. The zero-order valence-corrected chi connectivity index (χ0v) is 5.72. The average molecular weight is 115 g/mol. The predicted octanol–water partition coefficient (Wildman–Crippen LogP) is -1.12. The molecule has 1 aliphatic rings. The maximum absolute atomic E-state index is 2.40. The van der Waals surface area contributed by atoms with Gasteiger partial charge in [-0.15, -0.1) is 0 Å². The molecule has 0 aliphatic carbocycles. The Bertz CT molecular complexity index is 64.9. The van der Waals surface area contributed by atoms with E-state index in [0.29, 0.717) is 0 Å². The minimum atomic E-state index is 0.814. The molecule has 1 unspecified atom stereocenters. The second-order valence-corrected chi connectivity index (χ2v) is 2.76. The lowest BCUT2D eigenvalue weighted by atomic mass is 10.2. The van der Waals surface area contributed by atoms with E-state index in [-0.39, 0.29) is 0 Å². The normalized spacial score (nSPS) is 33.0. The van der Waals surface area contributed by atoms with Crippen LogP contribution in [0.15, 0.2) is 0 Å². The number of likely N-dealkylation sites (N-methyl/N-ethyl adjacent to an activating group) is 1. The Morgan fingerprint density at radius 1 is 1.62 bits per heavy atom. The Labute approximate surface area is 50.9 Å². The molecule has 0 aromatic carbocycles. The lowest BCUT2D eigenvalue weighted by Crippen LogP contribution is -2.94. The first-order valence-electron chi connectivity index (χ1n) is 3.31. The highest BCUT2D eigenvalue weighted by atomic mass is 15.2. The second-order valence-electron chi connectivity index (χ2n) is 2.76. The van der Waals surface area contributed by atoms with Gasteiger partial charge >= 0.3 is 0 Å². The lowest BCUT2D eigenvalue weighted by Gasteiger charge is -2.25. The number of nitrogens with two attached hydrogens (primary N) is 1. The Kier molecular flexibility index (Phi) is 1.86. The Morgan fingerprint density at radius 2 is 2.38 bits per heavy atom. The third-order valence-electron chi connectivity index (χ3n) is 1.68. The number of hydrogen-bond donors (Lipinski definition) is 1. The molecule has 0 radical (unpaired) electrons. The number of piperazine rings is 1. The van der Waals surface area contributed by atoms with Crippen LogP contribution in [-0.2, 0) is 0 Å². The zero-order valence-electron chi connectivity index (χ0n) is 5.72. The van der Waals surface area contributed by atoms with Gasteiger partial charge in [-0.1, -0.05) is 0 Å². The highest BCUT2D eigenvalue weighted by Crippen LogP contribution is 1.85. The van der Waals surface area contributed by atoms with Crippen LogP contribution in [0.25, 0.3) is 0 Å². The maximum atomic E-state index is 2.40. The van der Waals surface area contributed by atoms with Gasteiger partial charge in [-0.2, -0.15) is 0 Å². The van der Waals surface area contributed by atoms with Gasteiger partial charge in [0.15, 0.2) is 0 Å². The summed E-state index contributed by atoms with van der Waals surface area (Å²) in [5.41, 5.74) is 0. The van der Waals surface area contributed by atoms with E-state index < -0.39 is 0 Å². The molecule has 0 aromatic rings. The summed E-state index contributed by atoms with van der Waals surface area (Å²) in [7, 11) is 2.18. The smallest absolute Gasteiger partial charge is 0.0959 e. The summed E-state index contributed by atoms with van der Waals surface area (Å²) >= 11 is 0. The van der Waals surface area contributed by atoms with Crippen LogP contribution in [-0.4, -0.2) is 37.6 Å². The molecule has 1 atom stereocenters. The first-order valence-corrected chi connectivity index (χ1v) is 3.31. The van der Waals surface area contributed by atoms with Crippen molar-refractivity contribution in [3.8, 4) is 0 Å². The standard InChI is InChI=1S/C6H14N2/c1-6-5-8(2)4-3-7-6/h6-7H,3-5H2,1-2H3/p+1. The van der Waals surface area contributed by atoms with Crippen molar-refractivity contribution in [1.29, 1.82) is 0 Å². The topological polar surface area (TPSA) is 19.9 Å². The fourth-order valence-corrected chi connectivity index (χ4v) is 1.24. The van der Waals surface area contributed by atoms with Gasteiger partial charge in [0, 0.05) is 6.54 Å². The first kappa shape index (κ1) is 6.05. The maximum Gasteiger partial charge on any atom is 0.0959 e. The largest absolute Gasteiger partial charge is 0.342 e. The average Bonchev–Trinajstić information content (AvgIpc) is 1.64. The van der Waals surface area contributed by atoms with Crippen molar-refractivity contribution in [3.63, 3.8) is 0 Å². The molecule has 48 valence electrons. The molecule has 1 heterocycles. The SMILES string of the molecule is CC1CN(C)CC[NH2+]1. The summed E-state index contributed by atoms with van der Waals surface area (Å²) in [4.78, 5) is 2.38. The highest BCUT2D eigenvalue weighted by Gasteiger charge is 2.13. The summed E-state index contributed by atoms with van der Waals surface area (Å²) in [6.07, 6.45) is 0. The van der Waals surface area contributed by atoms with Gasteiger partial charge in [0.2, 0.25) is 0 Å². The van der Waals surface area contributed by atoms with Gasteiger partial charge in [-0.25, -0.2) is 0 Å². The summed E-state index contributed by atoms with van der Waals surface area (Å²) in [6, 6.07) is 0.814. The van der Waals surface area contributed by atoms with Crippen LogP contribution in [0.4, 0.5) is 0 Å². The van der Waals surface area contributed by atoms with Crippen molar-refractivity contribution in [3.05, 3.63) is 0 Å². The van der Waals surface area contributed by atoms with Gasteiger partial charge < -0.3 is 5.32 Å². The summed E-state index contributed by atoms with van der Waals surface area (Å²) in [5.74, 6) is 0. The van der Waals surface area contributed by atoms with Crippen molar-refractivity contribution in [2.45, 2.75) is 13.0 Å². The molecule has 0 amide bonds. The molecular formula is C6H15N2+. The van der Waals surface area contributed by atoms with E-state index in [9.17, 15) is 0 Å². The van der Waals surface area contributed by atoms with Gasteiger partial charge in [-0.3, -0.25) is 4.90 Å². The molecule has 2 nitrogen and oxygen atoms in total. The molecule has 0 aromatic heterocycles. The molecule has 1 rings (SSSR count). The summed E-state index contributed by atoms with van der Waals surface area (Å²) in [6.45, 7) is 6.05. The molecular weight excluding hydrogens is 100 g/mol. The second kappa shape index (κ2) is 2.46. The minimum absolute atomic E-state index is 0.814. The number of nitrogens with zero attached hydrogens (tertiary/aromatic N) is 1. The van der Waals surface area contributed by atoms with Crippen LogP contribution in [0.5, 0.6) is 0 Å². The molecule has 8 heavy (non-hydrogen) atoms. The van der Waals surface area contributed by atoms with E-state index in [1.807, 2.05) is 0 Å². The molecule has 1 aliphatic heterocycles. The Hall–Kier alpha value is -0.0800. The van der Waals surface area contributed by atoms with Crippen LogP contribution in [0.3, 0.4) is 0 Å². The molecule has 0 spiro atoms. The van der Waals surface area contributed by atoms with Crippen LogP contribution in [0.2, 0.25) is 0 Å². The molecule has 0 saturated carbocycles. The van der Waals surface area contributed by atoms with Gasteiger partial charge in [-0.05, 0) is 14.0 Å². The van der Waals surface area contributed by atoms with Gasteiger partial charge in [0.25, 0.3) is 0 Å². The van der Waals surface area contributed by atoms with E-state index in [2.05, 4.69) is 24.2 Å². The van der Waals surface area contributed by atoms with Crippen LogP contribution in [0.1, 0.15) is 6.92 Å². The quantitative estimate of drug-likeness (QED) is 0.424. The monoisotopic (exact) mass is 115 g/mol. The Balaban J connectivity index is 2.23. The van der Waals surface area contributed by atoms with Crippen molar-refractivity contribution < 1.29 is 5.32 Å². The van der Waals surface area contributed by atoms with E-state index in [4.69, 9.17) is 0 Å². The fraction of sp³-hybridized carbons (Fsp3) is 1.00. The number of quaternary nitrogens is 1. The van der Waals surface area contributed by atoms with Crippen molar-refractivity contribution in [2.24, 2.45) is 0 Å². The predicted molar refractivity (Wildman–Crippen MR) is 33.8 cm³/mol. The van der Waals surface area contributed by atoms with Crippen LogP contribution < -0.4 is 5.32 Å². The highest BCUT2D eigenvalue weighted by molar-refractivity contribution is 4.58.